The number of carbonyl (C=O) groups excluding carboxylic acids is 1. The van der Waals surface area contributed by atoms with Gasteiger partial charge in [-0.25, -0.2) is 0 Å². The zero-order valence-electron chi connectivity index (χ0n) is 8.16. The van der Waals surface area contributed by atoms with E-state index >= 15 is 0 Å². The van der Waals surface area contributed by atoms with Gasteiger partial charge in [-0.1, -0.05) is 32.9 Å². The molecule has 13 heavy (non-hydrogen) atoms. The molecule has 0 aliphatic carbocycles. The Morgan fingerprint density at radius 1 is 1.15 bits per heavy atom. The number of carbonyl (C=O) groups is 1. The first-order valence-corrected chi connectivity index (χ1v) is 4.70. The summed E-state index contributed by atoms with van der Waals surface area (Å²) in [5.41, 5.74) is 0.447. The van der Waals surface area contributed by atoms with Gasteiger partial charge in [0.25, 0.3) is 0 Å². The summed E-state index contributed by atoms with van der Waals surface area (Å²) in [6.07, 6.45) is 0. The molecule has 0 bridgehead atoms. The molecule has 1 aromatic rings. The van der Waals surface area contributed by atoms with Crippen LogP contribution >= 0.6 is 12.6 Å². The highest BCUT2D eigenvalue weighted by atomic mass is 32.1. The van der Waals surface area contributed by atoms with Gasteiger partial charge in [-0.3, -0.25) is 4.79 Å². The van der Waals surface area contributed by atoms with Gasteiger partial charge in [0.1, 0.15) is 0 Å². The number of thiol groups is 1. The number of Topliss-reactive ketones (excluding diaryl/α,β-unsaturated/α-hetero) is 1. The van der Waals surface area contributed by atoms with Crippen molar-refractivity contribution < 1.29 is 4.79 Å². The van der Waals surface area contributed by atoms with Crippen LogP contribution in [0.1, 0.15) is 31.1 Å². The zero-order chi connectivity index (χ0) is 10.1. The van der Waals surface area contributed by atoms with Gasteiger partial charge in [-0.2, -0.15) is 0 Å². The largest absolute Gasteiger partial charge is 0.294 e. The van der Waals surface area contributed by atoms with Gasteiger partial charge < -0.3 is 0 Å². The molecule has 0 fully saturated rings. The van der Waals surface area contributed by atoms with E-state index in [-0.39, 0.29) is 11.2 Å². The zero-order valence-corrected chi connectivity index (χ0v) is 9.06. The maximum Gasteiger partial charge on any atom is 0.168 e. The summed E-state index contributed by atoms with van der Waals surface area (Å²) in [6.45, 7) is 5.76. The van der Waals surface area contributed by atoms with E-state index in [4.69, 9.17) is 0 Å². The van der Waals surface area contributed by atoms with E-state index in [0.29, 0.717) is 0 Å². The van der Waals surface area contributed by atoms with Crippen molar-refractivity contribution in [2.75, 3.05) is 0 Å². The minimum atomic E-state index is -0.307. The van der Waals surface area contributed by atoms with E-state index in [2.05, 4.69) is 12.6 Å². The Bertz CT molecular complexity index is 306. The molecule has 1 nitrogen and oxygen atoms in total. The molecule has 0 aromatic heterocycles. The second-order valence-electron chi connectivity index (χ2n) is 4.13. The smallest absolute Gasteiger partial charge is 0.168 e. The first-order valence-electron chi connectivity index (χ1n) is 4.25. The topological polar surface area (TPSA) is 17.1 Å². The Hall–Kier alpha value is -0.760. The third-order valence-electron chi connectivity index (χ3n) is 1.81. The minimum absolute atomic E-state index is 0.167. The molecular weight excluding hydrogens is 180 g/mol. The number of ketones is 1. The maximum atomic E-state index is 11.8. The van der Waals surface area contributed by atoms with Crippen LogP contribution in [0.25, 0.3) is 0 Å². The molecule has 0 saturated carbocycles. The standard InChI is InChI=1S/C11H14OS/c1-11(2,3)10(12)8-4-6-9(13)7-5-8/h4-7,13H,1-3H3. The van der Waals surface area contributed by atoms with Crippen molar-refractivity contribution in [1.29, 1.82) is 0 Å². The van der Waals surface area contributed by atoms with E-state index in [1.165, 1.54) is 0 Å². The molecule has 0 unspecified atom stereocenters. The third-order valence-corrected chi connectivity index (χ3v) is 2.11. The number of rotatable bonds is 1. The fourth-order valence-corrected chi connectivity index (χ4v) is 1.19. The summed E-state index contributed by atoms with van der Waals surface area (Å²) < 4.78 is 0. The fourth-order valence-electron chi connectivity index (χ4n) is 1.05. The summed E-state index contributed by atoms with van der Waals surface area (Å²) in [5.74, 6) is 0.167. The quantitative estimate of drug-likeness (QED) is 0.536. The van der Waals surface area contributed by atoms with E-state index in [1.54, 1.807) is 0 Å². The average molecular weight is 194 g/mol. The van der Waals surface area contributed by atoms with Gasteiger partial charge in [0.05, 0.1) is 0 Å². The van der Waals surface area contributed by atoms with Crippen LogP contribution in [0, 0.1) is 5.41 Å². The van der Waals surface area contributed by atoms with Crippen LogP contribution in [-0.2, 0) is 0 Å². The number of hydrogen-bond acceptors (Lipinski definition) is 2. The number of benzene rings is 1. The third kappa shape index (κ3) is 2.59. The average Bonchev–Trinajstić information content (AvgIpc) is 2.03. The Balaban J connectivity index is 2.97. The van der Waals surface area contributed by atoms with Gasteiger partial charge in [-0.05, 0) is 12.1 Å². The van der Waals surface area contributed by atoms with Crippen molar-refractivity contribution in [3.05, 3.63) is 29.8 Å². The first-order chi connectivity index (χ1) is 5.91. The van der Waals surface area contributed by atoms with Crippen LogP contribution < -0.4 is 0 Å². The van der Waals surface area contributed by atoms with Gasteiger partial charge >= 0.3 is 0 Å². The van der Waals surface area contributed by atoms with Crippen LogP contribution in [0.4, 0.5) is 0 Å². The molecule has 2 heteroatoms. The molecule has 0 spiro atoms. The van der Waals surface area contributed by atoms with E-state index in [1.807, 2.05) is 45.0 Å². The van der Waals surface area contributed by atoms with Crippen LogP contribution in [-0.4, -0.2) is 5.78 Å². The molecule has 0 radical (unpaired) electrons. The predicted octanol–water partition coefficient (Wildman–Crippen LogP) is 3.20. The Morgan fingerprint density at radius 3 is 2.00 bits per heavy atom. The Kier molecular flexibility index (Phi) is 2.81. The Morgan fingerprint density at radius 2 is 1.62 bits per heavy atom. The van der Waals surface area contributed by atoms with Crippen LogP contribution in [0.2, 0.25) is 0 Å². The van der Waals surface area contributed by atoms with Crippen molar-refractivity contribution in [1.82, 2.24) is 0 Å². The summed E-state index contributed by atoms with van der Waals surface area (Å²) in [5, 5.41) is 0. The highest BCUT2D eigenvalue weighted by Gasteiger charge is 2.22. The molecule has 0 atom stereocenters. The fraction of sp³-hybridized carbons (Fsp3) is 0.364. The highest BCUT2D eigenvalue weighted by molar-refractivity contribution is 7.80. The Labute approximate surface area is 84.6 Å². The molecule has 0 aliphatic rings. The number of hydrogen-bond donors (Lipinski definition) is 1. The molecule has 0 saturated heterocycles. The molecule has 0 heterocycles. The van der Waals surface area contributed by atoms with Crippen molar-refractivity contribution in [3.8, 4) is 0 Å². The van der Waals surface area contributed by atoms with Gasteiger partial charge in [0.15, 0.2) is 5.78 Å². The lowest BCUT2D eigenvalue weighted by atomic mass is 9.87. The van der Waals surface area contributed by atoms with Gasteiger partial charge in [-0.15, -0.1) is 12.6 Å². The lowest BCUT2D eigenvalue weighted by Crippen LogP contribution is -2.19. The van der Waals surface area contributed by atoms with E-state index in [0.717, 1.165) is 10.5 Å². The molecule has 0 N–H and O–H groups in total. The van der Waals surface area contributed by atoms with E-state index < -0.39 is 0 Å². The summed E-state index contributed by atoms with van der Waals surface area (Å²) in [6, 6.07) is 7.30. The van der Waals surface area contributed by atoms with Crippen molar-refractivity contribution >= 4 is 18.4 Å². The monoisotopic (exact) mass is 194 g/mol. The van der Waals surface area contributed by atoms with E-state index in [9.17, 15) is 4.79 Å². The molecule has 70 valence electrons. The van der Waals surface area contributed by atoms with Crippen LogP contribution in [0.15, 0.2) is 29.2 Å². The summed E-state index contributed by atoms with van der Waals surface area (Å²) >= 11 is 4.16. The normalized spacial score (nSPS) is 11.4. The second-order valence-corrected chi connectivity index (χ2v) is 4.64. The molecule has 0 aliphatic heterocycles. The van der Waals surface area contributed by atoms with Crippen LogP contribution in [0.5, 0.6) is 0 Å². The van der Waals surface area contributed by atoms with Crippen molar-refractivity contribution in [2.45, 2.75) is 25.7 Å². The second kappa shape index (κ2) is 3.54. The van der Waals surface area contributed by atoms with Crippen molar-refractivity contribution in [3.63, 3.8) is 0 Å². The highest BCUT2D eigenvalue weighted by Crippen LogP contribution is 2.21. The SMILES string of the molecule is CC(C)(C)C(=O)c1ccc(S)cc1. The van der Waals surface area contributed by atoms with Crippen molar-refractivity contribution in [2.24, 2.45) is 5.41 Å². The summed E-state index contributed by atoms with van der Waals surface area (Å²) in [4.78, 5) is 12.6. The van der Waals surface area contributed by atoms with Gasteiger partial charge in [0, 0.05) is 15.9 Å². The lowest BCUT2D eigenvalue weighted by molar-refractivity contribution is 0.0858. The lowest BCUT2D eigenvalue weighted by Gasteiger charge is -2.16. The minimum Gasteiger partial charge on any atom is -0.294 e. The molecule has 0 amide bonds. The first kappa shape index (κ1) is 10.3. The van der Waals surface area contributed by atoms with Crippen LogP contribution in [0.3, 0.4) is 0 Å². The molecule has 1 aromatic carbocycles. The summed E-state index contributed by atoms with van der Waals surface area (Å²) in [7, 11) is 0. The molecular formula is C11H14OS. The predicted molar refractivity (Wildman–Crippen MR) is 57.5 cm³/mol. The van der Waals surface area contributed by atoms with Gasteiger partial charge in [0.2, 0.25) is 0 Å². The molecule has 1 rings (SSSR count). The maximum absolute atomic E-state index is 11.8.